The lowest BCUT2D eigenvalue weighted by Gasteiger charge is -2.05. The van der Waals surface area contributed by atoms with E-state index in [1.165, 1.54) is 44.9 Å². The number of allylic oxidation sites excluding steroid dienone is 2. The quantitative estimate of drug-likeness (QED) is 0.571. The summed E-state index contributed by atoms with van der Waals surface area (Å²) in [5.74, 6) is 0.926. The SMILES string of the molecule is CCCCCCCC[C@@H]1C=C(C)C(=O)C1. The van der Waals surface area contributed by atoms with Gasteiger partial charge >= 0.3 is 0 Å². The molecule has 0 aromatic carbocycles. The topological polar surface area (TPSA) is 17.1 Å². The van der Waals surface area contributed by atoms with Crippen LogP contribution in [-0.2, 0) is 4.79 Å². The fourth-order valence-electron chi connectivity index (χ4n) is 2.28. The molecule has 0 amide bonds. The summed E-state index contributed by atoms with van der Waals surface area (Å²) in [5, 5.41) is 0. The molecular weight excluding hydrogens is 184 g/mol. The number of carbonyl (C=O) groups excluding carboxylic acids is 1. The lowest BCUT2D eigenvalue weighted by atomic mass is 10.00. The van der Waals surface area contributed by atoms with E-state index in [4.69, 9.17) is 0 Å². The van der Waals surface area contributed by atoms with Crippen LogP contribution in [0.3, 0.4) is 0 Å². The minimum absolute atomic E-state index is 0.367. The second-order valence-electron chi connectivity index (χ2n) is 4.79. The van der Waals surface area contributed by atoms with Gasteiger partial charge in [-0.2, -0.15) is 0 Å². The van der Waals surface area contributed by atoms with Crippen molar-refractivity contribution in [1.29, 1.82) is 0 Å². The van der Waals surface area contributed by atoms with Gasteiger partial charge in [0, 0.05) is 6.42 Å². The molecule has 0 saturated carbocycles. The minimum Gasteiger partial charge on any atom is -0.295 e. The summed E-state index contributed by atoms with van der Waals surface area (Å²) in [6, 6.07) is 0. The second-order valence-corrected chi connectivity index (χ2v) is 4.79. The van der Waals surface area contributed by atoms with Crippen LogP contribution in [-0.4, -0.2) is 5.78 Å². The van der Waals surface area contributed by atoms with E-state index in [-0.39, 0.29) is 0 Å². The smallest absolute Gasteiger partial charge is 0.158 e. The van der Waals surface area contributed by atoms with Gasteiger partial charge in [-0.1, -0.05) is 51.5 Å². The van der Waals surface area contributed by atoms with Crippen LogP contribution in [0.5, 0.6) is 0 Å². The minimum atomic E-state index is 0.367. The first kappa shape index (κ1) is 12.5. The van der Waals surface area contributed by atoms with E-state index in [0.29, 0.717) is 11.7 Å². The summed E-state index contributed by atoms with van der Waals surface area (Å²) < 4.78 is 0. The fraction of sp³-hybridized carbons (Fsp3) is 0.786. The van der Waals surface area contributed by atoms with Crippen molar-refractivity contribution in [2.75, 3.05) is 0 Å². The van der Waals surface area contributed by atoms with Gasteiger partial charge in [0.25, 0.3) is 0 Å². The molecule has 0 spiro atoms. The van der Waals surface area contributed by atoms with Crippen molar-refractivity contribution >= 4 is 5.78 Å². The highest BCUT2D eigenvalue weighted by molar-refractivity contribution is 5.97. The Bertz CT molecular complexity index is 227. The molecule has 0 aromatic heterocycles. The monoisotopic (exact) mass is 208 g/mol. The summed E-state index contributed by atoms with van der Waals surface area (Å²) >= 11 is 0. The van der Waals surface area contributed by atoms with Crippen molar-refractivity contribution in [2.45, 2.75) is 65.2 Å². The number of ketones is 1. The normalized spacial score (nSPS) is 20.8. The molecule has 1 aliphatic rings. The van der Waals surface area contributed by atoms with Gasteiger partial charge in [0.1, 0.15) is 0 Å². The molecule has 15 heavy (non-hydrogen) atoms. The highest BCUT2D eigenvalue weighted by atomic mass is 16.1. The van der Waals surface area contributed by atoms with Gasteiger partial charge in [-0.15, -0.1) is 0 Å². The lowest BCUT2D eigenvalue weighted by Crippen LogP contribution is -1.97. The van der Waals surface area contributed by atoms with Crippen molar-refractivity contribution in [3.63, 3.8) is 0 Å². The van der Waals surface area contributed by atoms with Crippen molar-refractivity contribution < 1.29 is 4.79 Å². The van der Waals surface area contributed by atoms with Gasteiger partial charge in [-0.3, -0.25) is 4.79 Å². The molecule has 0 heterocycles. The maximum absolute atomic E-state index is 11.3. The van der Waals surface area contributed by atoms with E-state index in [0.717, 1.165) is 12.0 Å². The Balaban J connectivity index is 2.00. The average molecular weight is 208 g/mol. The fourth-order valence-corrected chi connectivity index (χ4v) is 2.28. The summed E-state index contributed by atoms with van der Waals surface area (Å²) in [7, 11) is 0. The van der Waals surface area contributed by atoms with Gasteiger partial charge in [-0.25, -0.2) is 0 Å². The first-order valence-electron chi connectivity index (χ1n) is 6.45. The molecule has 86 valence electrons. The molecule has 1 heteroatoms. The maximum atomic E-state index is 11.3. The Kier molecular flexibility index (Phi) is 5.67. The summed E-state index contributed by atoms with van der Waals surface area (Å²) in [4.78, 5) is 11.3. The van der Waals surface area contributed by atoms with Crippen molar-refractivity contribution in [1.82, 2.24) is 0 Å². The van der Waals surface area contributed by atoms with Crippen molar-refractivity contribution in [2.24, 2.45) is 5.92 Å². The summed E-state index contributed by atoms with van der Waals surface area (Å²) in [5.41, 5.74) is 0.992. The van der Waals surface area contributed by atoms with Crippen LogP contribution in [0.4, 0.5) is 0 Å². The maximum Gasteiger partial charge on any atom is 0.158 e. The first-order chi connectivity index (χ1) is 7.24. The number of carbonyl (C=O) groups is 1. The zero-order chi connectivity index (χ0) is 11.1. The average Bonchev–Trinajstić information content (AvgIpc) is 2.52. The third-order valence-corrected chi connectivity index (χ3v) is 3.30. The molecule has 0 saturated heterocycles. The summed E-state index contributed by atoms with van der Waals surface area (Å²) in [6.07, 6.45) is 12.3. The number of hydrogen-bond donors (Lipinski definition) is 0. The molecule has 0 unspecified atom stereocenters. The number of unbranched alkanes of at least 4 members (excludes halogenated alkanes) is 5. The zero-order valence-electron chi connectivity index (χ0n) is 10.2. The molecule has 1 rings (SSSR count). The van der Waals surface area contributed by atoms with Gasteiger partial charge < -0.3 is 0 Å². The molecule has 0 bridgehead atoms. The Morgan fingerprint density at radius 2 is 1.87 bits per heavy atom. The van der Waals surface area contributed by atoms with Crippen LogP contribution in [0.2, 0.25) is 0 Å². The van der Waals surface area contributed by atoms with E-state index in [2.05, 4.69) is 13.0 Å². The van der Waals surface area contributed by atoms with E-state index in [9.17, 15) is 4.79 Å². The highest BCUT2D eigenvalue weighted by Crippen LogP contribution is 2.25. The molecule has 1 aliphatic carbocycles. The molecular formula is C14H24O. The van der Waals surface area contributed by atoms with Gasteiger partial charge in [0.05, 0.1) is 0 Å². The van der Waals surface area contributed by atoms with E-state index >= 15 is 0 Å². The van der Waals surface area contributed by atoms with Crippen LogP contribution in [0.15, 0.2) is 11.6 Å². The lowest BCUT2D eigenvalue weighted by molar-refractivity contribution is -0.115. The van der Waals surface area contributed by atoms with Crippen LogP contribution in [0.25, 0.3) is 0 Å². The predicted molar refractivity (Wildman–Crippen MR) is 64.9 cm³/mol. The first-order valence-corrected chi connectivity index (χ1v) is 6.45. The largest absolute Gasteiger partial charge is 0.295 e. The molecule has 0 fully saturated rings. The van der Waals surface area contributed by atoms with Crippen LogP contribution < -0.4 is 0 Å². The standard InChI is InChI=1S/C14H24O/c1-3-4-5-6-7-8-9-13-10-12(2)14(15)11-13/h10,13H,3-9,11H2,1-2H3/t13-/m1/s1. The van der Waals surface area contributed by atoms with E-state index in [1.54, 1.807) is 0 Å². The Morgan fingerprint density at radius 1 is 1.20 bits per heavy atom. The number of Topliss-reactive ketones (excluding diaryl/α,β-unsaturated/α-hetero) is 1. The van der Waals surface area contributed by atoms with Gasteiger partial charge in [-0.05, 0) is 24.8 Å². The zero-order valence-corrected chi connectivity index (χ0v) is 10.2. The van der Waals surface area contributed by atoms with Crippen molar-refractivity contribution in [3.05, 3.63) is 11.6 Å². The highest BCUT2D eigenvalue weighted by Gasteiger charge is 2.19. The second kappa shape index (κ2) is 6.81. The predicted octanol–water partition coefficient (Wildman–Crippen LogP) is 4.27. The van der Waals surface area contributed by atoms with E-state index in [1.807, 2.05) is 6.92 Å². The number of rotatable bonds is 7. The molecule has 1 nitrogen and oxygen atoms in total. The molecule has 0 radical (unpaired) electrons. The molecule has 0 N–H and O–H groups in total. The molecule has 0 aliphatic heterocycles. The Hall–Kier alpha value is -0.590. The van der Waals surface area contributed by atoms with Crippen LogP contribution in [0, 0.1) is 5.92 Å². The van der Waals surface area contributed by atoms with Crippen LogP contribution >= 0.6 is 0 Å². The van der Waals surface area contributed by atoms with E-state index < -0.39 is 0 Å². The molecule has 0 aromatic rings. The number of hydrogen-bond acceptors (Lipinski definition) is 1. The Labute approximate surface area is 93.9 Å². The van der Waals surface area contributed by atoms with Crippen LogP contribution in [0.1, 0.15) is 65.2 Å². The Morgan fingerprint density at radius 3 is 2.47 bits per heavy atom. The third-order valence-electron chi connectivity index (χ3n) is 3.30. The summed E-state index contributed by atoms with van der Waals surface area (Å²) in [6.45, 7) is 4.20. The molecule has 1 atom stereocenters. The van der Waals surface area contributed by atoms with Crippen molar-refractivity contribution in [3.8, 4) is 0 Å². The van der Waals surface area contributed by atoms with Gasteiger partial charge in [0.2, 0.25) is 0 Å². The van der Waals surface area contributed by atoms with Gasteiger partial charge in [0.15, 0.2) is 5.78 Å². The third kappa shape index (κ3) is 4.63.